The molecule has 7 nitrogen and oxygen atoms in total. The summed E-state index contributed by atoms with van der Waals surface area (Å²) in [6, 6.07) is 8.19. The number of aliphatic hydroxyl groups is 2. The predicted octanol–water partition coefficient (Wildman–Crippen LogP) is 6.00. The van der Waals surface area contributed by atoms with Gasteiger partial charge in [0, 0.05) is 43.9 Å². The fourth-order valence-electron chi connectivity index (χ4n) is 6.74. The Balaban J connectivity index is 1.58. The quantitative estimate of drug-likeness (QED) is 0.195. The molecule has 0 aliphatic carbocycles. The molecule has 0 saturated carbocycles. The van der Waals surface area contributed by atoms with E-state index in [-0.39, 0.29) is 42.5 Å². The maximum Gasteiger partial charge on any atom is 0.430 e. The molecule has 2 N–H and O–H groups in total. The molecule has 2 fully saturated rings. The number of likely N-dealkylation sites (tertiary alicyclic amines) is 2. The SMILES string of the molecule is O=S(=O)(c1ccc(F)cc1)[C@@]1(c2ccc(C(OCc3c(F)cccc3F)(C(F)(F)F)C(F)(F)F)cc2)CCN(C(O)N2CCC[C@@H](CO)C2)C1. The smallest absolute Gasteiger partial charge is 0.396 e. The lowest BCUT2D eigenvalue weighted by Gasteiger charge is -2.40. The van der Waals surface area contributed by atoms with Crippen molar-refractivity contribution in [3.8, 4) is 0 Å². The van der Waals surface area contributed by atoms with Gasteiger partial charge in [0.25, 0.3) is 5.60 Å². The Bertz CT molecular complexity index is 1720. The molecule has 2 aliphatic heterocycles. The molecule has 0 amide bonds. The van der Waals surface area contributed by atoms with E-state index < -0.39 is 80.6 Å². The first kappa shape index (κ1) is 38.0. The van der Waals surface area contributed by atoms with Gasteiger partial charge in [0.1, 0.15) is 22.2 Å². The van der Waals surface area contributed by atoms with Gasteiger partial charge in [-0.1, -0.05) is 30.3 Å². The molecule has 2 aliphatic rings. The van der Waals surface area contributed by atoms with Crippen molar-refractivity contribution in [3.05, 3.63) is 101 Å². The van der Waals surface area contributed by atoms with Crippen LogP contribution in [0.2, 0.25) is 0 Å². The molecule has 2 saturated heterocycles. The minimum atomic E-state index is -6.22. The van der Waals surface area contributed by atoms with Crippen molar-refractivity contribution in [3.63, 3.8) is 0 Å². The minimum absolute atomic E-state index is 0.0734. The number of rotatable bonds is 10. The zero-order valence-electron chi connectivity index (χ0n) is 26.2. The number of nitrogens with zero attached hydrogens (tertiary/aromatic N) is 2. The van der Waals surface area contributed by atoms with Crippen molar-refractivity contribution >= 4 is 9.84 Å². The highest BCUT2D eigenvalue weighted by atomic mass is 32.2. The summed E-state index contributed by atoms with van der Waals surface area (Å²) in [6.07, 6.45) is -12.7. The topological polar surface area (TPSA) is 90.3 Å². The Morgan fingerprint density at radius 1 is 0.860 bits per heavy atom. The van der Waals surface area contributed by atoms with Crippen LogP contribution < -0.4 is 0 Å². The molecule has 3 aromatic carbocycles. The van der Waals surface area contributed by atoms with Gasteiger partial charge in [-0.05, 0) is 67.1 Å². The number of piperidine rings is 1. The number of benzene rings is 3. The standard InChI is InChI=1S/C33H33F9N2O5S/c34-24-10-12-25(13-11-24)50(47,48)30(14-16-44(20-30)29(46)43-15-2-3-21(17-43)18-45)22-6-8-23(9-7-22)31(32(37,38)39,33(40,41)42)49-19-26-27(35)4-1-5-28(26)36/h1,4-13,21,29,45-46H,2-3,14-20H2/t21-,29?,30+/m1/s1. The second-order valence-corrected chi connectivity index (χ2v) is 14.7. The van der Waals surface area contributed by atoms with Gasteiger partial charge in [0.15, 0.2) is 16.2 Å². The Hall–Kier alpha value is -3.22. The summed E-state index contributed by atoms with van der Waals surface area (Å²) in [5, 5.41) is 20.9. The fourth-order valence-corrected chi connectivity index (χ4v) is 8.83. The predicted molar refractivity (Wildman–Crippen MR) is 160 cm³/mol. The monoisotopic (exact) mass is 740 g/mol. The van der Waals surface area contributed by atoms with E-state index in [1.54, 1.807) is 4.90 Å². The second-order valence-electron chi connectivity index (χ2n) is 12.4. The van der Waals surface area contributed by atoms with Gasteiger partial charge < -0.3 is 14.9 Å². The first-order valence-corrected chi connectivity index (χ1v) is 16.9. The van der Waals surface area contributed by atoms with Crippen LogP contribution in [0, 0.1) is 23.4 Å². The van der Waals surface area contributed by atoms with E-state index in [4.69, 9.17) is 0 Å². The number of ether oxygens (including phenoxy) is 1. The summed E-state index contributed by atoms with van der Waals surface area (Å²) in [5.41, 5.74) is -8.03. The molecule has 3 aromatic rings. The van der Waals surface area contributed by atoms with E-state index in [0.29, 0.717) is 43.7 Å². The largest absolute Gasteiger partial charge is 0.430 e. The molecular weight excluding hydrogens is 707 g/mol. The van der Waals surface area contributed by atoms with Gasteiger partial charge in [-0.3, -0.25) is 9.80 Å². The van der Waals surface area contributed by atoms with Gasteiger partial charge in [-0.2, -0.15) is 26.3 Å². The molecule has 0 aromatic heterocycles. The van der Waals surface area contributed by atoms with Crippen LogP contribution in [-0.2, 0) is 31.5 Å². The van der Waals surface area contributed by atoms with E-state index in [2.05, 4.69) is 4.74 Å². The Morgan fingerprint density at radius 2 is 1.46 bits per heavy atom. The van der Waals surface area contributed by atoms with Gasteiger partial charge >= 0.3 is 12.4 Å². The third-order valence-electron chi connectivity index (χ3n) is 9.47. The molecular formula is C33H33F9N2O5S. The van der Waals surface area contributed by atoms with E-state index >= 15 is 0 Å². The Morgan fingerprint density at radius 3 is 2.02 bits per heavy atom. The first-order valence-electron chi connectivity index (χ1n) is 15.5. The summed E-state index contributed by atoms with van der Waals surface area (Å²) in [5.74, 6) is -3.78. The molecule has 17 heteroatoms. The summed E-state index contributed by atoms with van der Waals surface area (Å²) in [6.45, 7) is -1.74. The molecule has 2 heterocycles. The van der Waals surface area contributed by atoms with Crippen LogP contribution in [0.15, 0.2) is 71.6 Å². The van der Waals surface area contributed by atoms with Crippen molar-refractivity contribution < 1.29 is 62.9 Å². The van der Waals surface area contributed by atoms with Crippen LogP contribution >= 0.6 is 0 Å². The van der Waals surface area contributed by atoms with Gasteiger partial charge in [0.05, 0.1) is 11.5 Å². The third-order valence-corrected chi connectivity index (χ3v) is 12.0. The summed E-state index contributed by atoms with van der Waals surface area (Å²) >= 11 is 0. The van der Waals surface area contributed by atoms with Crippen LogP contribution in [-0.4, -0.2) is 79.9 Å². The lowest BCUT2D eigenvalue weighted by Crippen LogP contribution is -2.56. The minimum Gasteiger partial charge on any atom is -0.396 e. The second kappa shape index (κ2) is 14.1. The molecule has 0 spiro atoms. The van der Waals surface area contributed by atoms with E-state index in [1.165, 1.54) is 4.90 Å². The number of alkyl halides is 6. The zero-order chi connectivity index (χ0) is 36.7. The van der Waals surface area contributed by atoms with Gasteiger partial charge in [0.2, 0.25) is 0 Å². The third kappa shape index (κ3) is 6.75. The van der Waals surface area contributed by atoms with Crippen LogP contribution in [0.1, 0.15) is 36.0 Å². The van der Waals surface area contributed by atoms with Crippen LogP contribution in [0.3, 0.4) is 0 Å². The Kier molecular flexibility index (Phi) is 10.7. The molecule has 5 rings (SSSR count). The highest BCUT2D eigenvalue weighted by Crippen LogP contribution is 2.54. The number of hydrogen-bond donors (Lipinski definition) is 2. The van der Waals surface area contributed by atoms with E-state index in [0.717, 1.165) is 42.5 Å². The summed E-state index contributed by atoms with van der Waals surface area (Å²) < 4.78 is 160. The van der Waals surface area contributed by atoms with Crippen molar-refractivity contribution in [2.24, 2.45) is 5.92 Å². The highest BCUT2D eigenvalue weighted by molar-refractivity contribution is 7.92. The van der Waals surface area contributed by atoms with E-state index in [1.807, 2.05) is 0 Å². The average Bonchev–Trinajstić information content (AvgIpc) is 3.52. The Labute approximate surface area is 281 Å². The average molecular weight is 741 g/mol. The lowest BCUT2D eigenvalue weighted by molar-refractivity contribution is -0.392. The molecule has 0 bridgehead atoms. The number of halogens is 9. The summed E-state index contributed by atoms with van der Waals surface area (Å²) in [7, 11) is -4.58. The molecule has 50 heavy (non-hydrogen) atoms. The van der Waals surface area contributed by atoms with Gasteiger partial charge in [-0.15, -0.1) is 0 Å². The van der Waals surface area contributed by atoms with Crippen molar-refractivity contribution in [2.45, 2.75) is 59.8 Å². The highest BCUT2D eigenvalue weighted by Gasteiger charge is 2.73. The molecule has 274 valence electrons. The first-order chi connectivity index (χ1) is 23.4. The van der Waals surface area contributed by atoms with Crippen LogP contribution in [0.4, 0.5) is 39.5 Å². The van der Waals surface area contributed by atoms with Crippen LogP contribution in [0.5, 0.6) is 0 Å². The molecule has 0 radical (unpaired) electrons. The van der Waals surface area contributed by atoms with Gasteiger partial charge in [-0.25, -0.2) is 21.6 Å². The zero-order valence-corrected chi connectivity index (χ0v) is 27.0. The number of sulfone groups is 1. The number of aliphatic hydroxyl groups excluding tert-OH is 2. The normalized spacial score (nSPS) is 22.2. The number of hydrogen-bond acceptors (Lipinski definition) is 7. The molecule has 1 unspecified atom stereocenters. The van der Waals surface area contributed by atoms with E-state index in [9.17, 15) is 58.1 Å². The fraction of sp³-hybridized carbons (Fsp3) is 0.455. The van der Waals surface area contributed by atoms with Crippen molar-refractivity contribution in [1.29, 1.82) is 0 Å². The lowest BCUT2D eigenvalue weighted by atomic mass is 9.88. The van der Waals surface area contributed by atoms with Crippen molar-refractivity contribution in [1.82, 2.24) is 9.80 Å². The summed E-state index contributed by atoms with van der Waals surface area (Å²) in [4.78, 5) is 2.65. The van der Waals surface area contributed by atoms with Crippen molar-refractivity contribution in [2.75, 3.05) is 32.8 Å². The molecule has 3 atom stereocenters. The maximum atomic E-state index is 14.5. The maximum absolute atomic E-state index is 14.5. The van der Waals surface area contributed by atoms with Crippen LogP contribution in [0.25, 0.3) is 0 Å².